The monoisotopic (exact) mass is 299 g/mol. The van der Waals surface area contributed by atoms with Gasteiger partial charge in [0.1, 0.15) is 5.75 Å². The number of benzene rings is 1. The molecule has 0 atom stereocenters. The number of non-ortho nitro benzene ring substituents is 1. The SMILES string of the molecule is COc1ccc([N+](=O)[O-])cc1NC(=S)NCC[NH+](C)C. The number of nitro benzene ring substituents is 1. The van der Waals surface area contributed by atoms with Crippen LogP contribution in [0, 0.1) is 10.1 Å². The Labute approximate surface area is 123 Å². The molecule has 0 unspecified atom stereocenters. The first-order valence-electron chi connectivity index (χ1n) is 6.10. The number of nitro groups is 1. The number of methoxy groups -OCH3 is 1. The highest BCUT2D eigenvalue weighted by Gasteiger charge is 2.12. The second-order valence-electron chi connectivity index (χ2n) is 4.48. The van der Waals surface area contributed by atoms with E-state index in [9.17, 15) is 10.1 Å². The number of nitrogens with one attached hydrogen (secondary N) is 3. The lowest BCUT2D eigenvalue weighted by molar-refractivity contribution is -0.856. The van der Waals surface area contributed by atoms with E-state index < -0.39 is 4.92 Å². The van der Waals surface area contributed by atoms with E-state index in [4.69, 9.17) is 17.0 Å². The van der Waals surface area contributed by atoms with Gasteiger partial charge in [-0.05, 0) is 18.3 Å². The molecule has 1 aromatic carbocycles. The number of rotatable bonds is 6. The summed E-state index contributed by atoms with van der Waals surface area (Å²) in [5.41, 5.74) is 0.449. The lowest BCUT2D eigenvalue weighted by Gasteiger charge is -2.14. The Balaban J connectivity index is 2.71. The number of thiocarbonyl (C=S) groups is 1. The molecule has 0 fully saturated rings. The molecule has 0 heterocycles. The van der Waals surface area contributed by atoms with Crippen molar-refractivity contribution in [3.05, 3.63) is 28.3 Å². The Morgan fingerprint density at radius 2 is 2.20 bits per heavy atom. The minimum absolute atomic E-state index is 0.0196. The van der Waals surface area contributed by atoms with Crippen LogP contribution in [0.1, 0.15) is 0 Å². The molecule has 0 radical (unpaired) electrons. The van der Waals surface area contributed by atoms with E-state index in [0.717, 1.165) is 6.54 Å². The zero-order chi connectivity index (χ0) is 15.1. The summed E-state index contributed by atoms with van der Waals surface area (Å²) in [7, 11) is 5.59. The van der Waals surface area contributed by atoms with Crippen LogP contribution in [0.2, 0.25) is 0 Å². The summed E-state index contributed by atoms with van der Waals surface area (Å²) in [6.45, 7) is 1.62. The summed E-state index contributed by atoms with van der Waals surface area (Å²) in [4.78, 5) is 11.6. The molecular formula is C12H19N4O3S+. The maximum Gasteiger partial charge on any atom is 0.271 e. The van der Waals surface area contributed by atoms with Gasteiger partial charge in [0.15, 0.2) is 5.11 Å². The third kappa shape index (κ3) is 4.98. The predicted molar refractivity (Wildman–Crippen MR) is 81.5 cm³/mol. The fraction of sp³-hybridized carbons (Fsp3) is 0.417. The summed E-state index contributed by atoms with van der Waals surface area (Å²) >= 11 is 5.15. The maximum atomic E-state index is 10.8. The van der Waals surface area contributed by atoms with Crippen LogP contribution in [0.25, 0.3) is 0 Å². The Kier molecular flexibility index (Phi) is 6.13. The number of nitrogens with zero attached hydrogens (tertiary/aromatic N) is 1. The van der Waals surface area contributed by atoms with E-state index in [1.165, 1.54) is 30.2 Å². The molecular weight excluding hydrogens is 280 g/mol. The Morgan fingerprint density at radius 1 is 1.50 bits per heavy atom. The van der Waals surface area contributed by atoms with Crippen LogP contribution in [-0.2, 0) is 0 Å². The molecule has 3 N–H and O–H groups in total. The highest BCUT2D eigenvalue weighted by molar-refractivity contribution is 7.80. The number of anilines is 1. The molecule has 1 rings (SSSR count). The van der Waals surface area contributed by atoms with Crippen molar-refractivity contribution in [1.82, 2.24) is 5.32 Å². The Hall–Kier alpha value is -1.93. The third-order valence-electron chi connectivity index (χ3n) is 2.55. The van der Waals surface area contributed by atoms with Crippen molar-refractivity contribution < 1.29 is 14.6 Å². The molecule has 0 saturated heterocycles. The van der Waals surface area contributed by atoms with Crippen LogP contribution in [0.3, 0.4) is 0 Å². The van der Waals surface area contributed by atoms with Gasteiger partial charge in [0.2, 0.25) is 0 Å². The summed E-state index contributed by atoms with van der Waals surface area (Å²) in [5, 5.41) is 17.1. The van der Waals surface area contributed by atoms with E-state index in [1.54, 1.807) is 0 Å². The first kappa shape index (κ1) is 16.1. The average molecular weight is 299 g/mol. The van der Waals surface area contributed by atoms with Gasteiger partial charge in [0, 0.05) is 12.1 Å². The molecule has 0 aromatic heterocycles. The number of hydrogen-bond donors (Lipinski definition) is 3. The van der Waals surface area contributed by atoms with Gasteiger partial charge in [0.05, 0.1) is 44.9 Å². The second-order valence-corrected chi connectivity index (χ2v) is 4.89. The first-order chi connectivity index (χ1) is 9.43. The topological polar surface area (TPSA) is 80.9 Å². The summed E-state index contributed by atoms with van der Waals surface area (Å²) in [6, 6.07) is 4.31. The van der Waals surface area contributed by atoms with Crippen LogP contribution in [0.5, 0.6) is 5.75 Å². The average Bonchev–Trinajstić information content (AvgIpc) is 2.38. The van der Waals surface area contributed by atoms with Crippen molar-refractivity contribution in [3.8, 4) is 5.75 Å². The fourth-order valence-corrected chi connectivity index (χ4v) is 1.71. The highest BCUT2D eigenvalue weighted by atomic mass is 32.1. The Morgan fingerprint density at radius 3 is 2.75 bits per heavy atom. The van der Waals surface area contributed by atoms with Crippen LogP contribution >= 0.6 is 12.2 Å². The van der Waals surface area contributed by atoms with Crippen molar-refractivity contribution in [1.29, 1.82) is 0 Å². The van der Waals surface area contributed by atoms with Gasteiger partial charge in [-0.1, -0.05) is 0 Å². The molecule has 0 aliphatic rings. The zero-order valence-corrected chi connectivity index (χ0v) is 12.5. The first-order valence-corrected chi connectivity index (χ1v) is 6.51. The predicted octanol–water partition coefficient (Wildman–Crippen LogP) is 0.0343. The van der Waals surface area contributed by atoms with Crippen LogP contribution < -0.4 is 20.3 Å². The van der Waals surface area contributed by atoms with Crippen LogP contribution in [0.4, 0.5) is 11.4 Å². The number of quaternary nitrogens is 1. The van der Waals surface area contributed by atoms with Crippen molar-refractivity contribution in [3.63, 3.8) is 0 Å². The van der Waals surface area contributed by atoms with Crippen LogP contribution in [0.15, 0.2) is 18.2 Å². The van der Waals surface area contributed by atoms with Gasteiger partial charge in [-0.3, -0.25) is 10.1 Å². The number of ether oxygens (including phenoxy) is 1. The molecule has 0 aliphatic carbocycles. The van der Waals surface area contributed by atoms with E-state index in [1.807, 2.05) is 14.1 Å². The van der Waals surface area contributed by atoms with Crippen molar-refractivity contribution in [2.75, 3.05) is 39.6 Å². The van der Waals surface area contributed by atoms with Crippen LogP contribution in [-0.4, -0.2) is 44.3 Å². The normalized spacial score (nSPS) is 10.2. The summed E-state index contributed by atoms with van der Waals surface area (Å²) in [5.74, 6) is 0.498. The largest absolute Gasteiger partial charge is 0.495 e. The third-order valence-corrected chi connectivity index (χ3v) is 2.80. The second kappa shape index (κ2) is 7.61. The van der Waals surface area contributed by atoms with E-state index in [-0.39, 0.29) is 5.69 Å². The molecule has 1 aromatic rings. The van der Waals surface area contributed by atoms with Crippen molar-refractivity contribution >= 4 is 28.7 Å². The molecule has 0 amide bonds. The number of likely N-dealkylation sites (N-methyl/N-ethyl adjacent to an activating group) is 1. The lowest BCUT2D eigenvalue weighted by atomic mass is 10.2. The molecule has 0 spiro atoms. The minimum atomic E-state index is -0.462. The van der Waals surface area contributed by atoms with E-state index >= 15 is 0 Å². The van der Waals surface area contributed by atoms with Crippen molar-refractivity contribution in [2.45, 2.75) is 0 Å². The Bertz CT molecular complexity index is 494. The molecule has 0 aliphatic heterocycles. The molecule has 20 heavy (non-hydrogen) atoms. The molecule has 110 valence electrons. The molecule has 8 heteroatoms. The van der Waals surface area contributed by atoms with E-state index in [0.29, 0.717) is 23.1 Å². The quantitative estimate of drug-likeness (QED) is 0.391. The summed E-state index contributed by atoms with van der Waals surface area (Å²) < 4.78 is 5.15. The van der Waals surface area contributed by atoms with Gasteiger partial charge < -0.3 is 20.3 Å². The number of hydrogen-bond acceptors (Lipinski definition) is 4. The summed E-state index contributed by atoms with van der Waals surface area (Å²) in [6.07, 6.45) is 0. The minimum Gasteiger partial charge on any atom is -0.495 e. The van der Waals surface area contributed by atoms with E-state index in [2.05, 4.69) is 10.6 Å². The van der Waals surface area contributed by atoms with Gasteiger partial charge in [-0.15, -0.1) is 0 Å². The fourth-order valence-electron chi connectivity index (χ4n) is 1.50. The maximum absolute atomic E-state index is 10.8. The molecule has 0 bridgehead atoms. The zero-order valence-electron chi connectivity index (χ0n) is 11.7. The van der Waals surface area contributed by atoms with Gasteiger partial charge in [-0.2, -0.15) is 0 Å². The molecule has 7 nitrogen and oxygen atoms in total. The van der Waals surface area contributed by atoms with Gasteiger partial charge in [0.25, 0.3) is 5.69 Å². The van der Waals surface area contributed by atoms with Gasteiger partial charge in [-0.25, -0.2) is 0 Å². The lowest BCUT2D eigenvalue weighted by Crippen LogP contribution is -3.06. The van der Waals surface area contributed by atoms with Gasteiger partial charge >= 0.3 is 0 Å². The standard InChI is InChI=1S/C12H18N4O3S/c1-15(2)7-6-13-12(20)14-10-8-9(16(17)18)4-5-11(10)19-3/h4-5,8H,6-7H2,1-3H3,(H2,13,14,20)/p+1. The molecule has 0 saturated carbocycles. The smallest absolute Gasteiger partial charge is 0.271 e. The van der Waals surface area contributed by atoms with Crippen molar-refractivity contribution in [2.24, 2.45) is 0 Å². The highest BCUT2D eigenvalue weighted by Crippen LogP contribution is 2.28.